The van der Waals surface area contributed by atoms with Gasteiger partial charge in [-0.25, -0.2) is 24.0 Å². The Morgan fingerprint density at radius 3 is 1.61 bits per heavy atom. The molecule has 0 aromatic heterocycles. The van der Waals surface area contributed by atoms with Crippen molar-refractivity contribution < 1.29 is 134 Å². The van der Waals surface area contributed by atoms with Crippen LogP contribution in [-0.4, -0.2) is 151 Å². The number of carbonyl (C=O) groups excluding carboxylic acids is 4. The molecule has 0 unspecified atom stereocenters. The number of methoxy groups -OCH3 is 1. The van der Waals surface area contributed by atoms with Crippen molar-refractivity contribution in [2.75, 3.05) is 13.7 Å². The minimum atomic E-state index is -2.41. The van der Waals surface area contributed by atoms with Gasteiger partial charge >= 0.3 is 29.8 Å². The fourth-order valence-corrected chi connectivity index (χ4v) is 7.03. The van der Waals surface area contributed by atoms with Crippen LogP contribution in [0.1, 0.15) is 51.8 Å². The monoisotopic (exact) mass is 968 g/mol. The van der Waals surface area contributed by atoms with Gasteiger partial charge in [0.1, 0.15) is 18.3 Å². The molecule has 7 rings (SSSR count). The molecule has 15 N–H and O–H groups in total. The molecule has 1 saturated heterocycles. The topological polar surface area (TPSA) is 453 Å². The number of cyclic esters (lactones) is 1. The third kappa shape index (κ3) is 8.31. The van der Waals surface area contributed by atoms with E-state index in [0.717, 1.165) is 7.11 Å². The van der Waals surface area contributed by atoms with Gasteiger partial charge in [0.05, 0.1) is 22.3 Å². The summed E-state index contributed by atoms with van der Waals surface area (Å²) in [6, 6.07) is 3.63. The Bertz CT molecular complexity index is 2990. The van der Waals surface area contributed by atoms with Gasteiger partial charge in [0.15, 0.2) is 87.8 Å². The summed E-state index contributed by atoms with van der Waals surface area (Å²) < 4.78 is 38.9. The summed E-state index contributed by atoms with van der Waals surface area (Å²) in [6.07, 6.45) is -11.1. The van der Waals surface area contributed by atoms with Gasteiger partial charge in [0, 0.05) is 24.3 Å². The minimum absolute atomic E-state index is 0.391. The fraction of sp³-hybridized carbons (Fsp3) is 0.167. The van der Waals surface area contributed by atoms with Crippen molar-refractivity contribution in [3.05, 3.63) is 70.3 Å². The van der Waals surface area contributed by atoms with Crippen LogP contribution in [0.5, 0.6) is 92.0 Å². The first-order valence-electron chi connectivity index (χ1n) is 19.0. The van der Waals surface area contributed by atoms with Crippen LogP contribution in [0.2, 0.25) is 0 Å². The highest BCUT2D eigenvalue weighted by Crippen LogP contribution is 2.54. The number of carboxylic acids is 1. The molecule has 0 bridgehead atoms. The lowest BCUT2D eigenvalue weighted by molar-refractivity contribution is -0.291. The molecule has 362 valence electrons. The summed E-state index contributed by atoms with van der Waals surface area (Å²) in [5, 5.41) is 156. The van der Waals surface area contributed by atoms with Crippen LogP contribution in [0, 0.1) is 0 Å². The van der Waals surface area contributed by atoms with E-state index in [2.05, 4.69) is 0 Å². The number of ether oxygens (including phenoxy) is 7. The van der Waals surface area contributed by atoms with Gasteiger partial charge < -0.3 is 110 Å². The van der Waals surface area contributed by atoms with Crippen LogP contribution in [0.4, 0.5) is 0 Å². The van der Waals surface area contributed by atoms with Crippen molar-refractivity contribution in [3.8, 4) is 103 Å². The summed E-state index contributed by atoms with van der Waals surface area (Å²) in [7, 11) is 0.893. The zero-order valence-electron chi connectivity index (χ0n) is 34.2. The van der Waals surface area contributed by atoms with Gasteiger partial charge in [-0.2, -0.15) is 0 Å². The molecule has 27 heteroatoms. The average molecular weight is 969 g/mol. The SMILES string of the molecule is CO[C@@H]1O[C@@H]2COC(=O)c3cc(O)c(O)c(O)c3-c3c(cc(O)c(O)c3O)C(=O)O[C@H]2[C@H](OC(=O)c2cc(O)c(O)c(O)c2)[C@H]1OC(=O)c1cc(O)c(O)c(O)c1Oc1cc(C(=O)O)cc(O)c1O. The van der Waals surface area contributed by atoms with Gasteiger partial charge in [-0.1, -0.05) is 0 Å². The summed E-state index contributed by atoms with van der Waals surface area (Å²) in [5.74, 6) is -28.3. The summed E-state index contributed by atoms with van der Waals surface area (Å²) in [6.45, 7) is -1.13. The molecule has 5 aromatic rings. The molecule has 0 spiro atoms. The molecular weight excluding hydrogens is 936 g/mol. The summed E-state index contributed by atoms with van der Waals surface area (Å²) >= 11 is 0. The van der Waals surface area contributed by atoms with Crippen molar-refractivity contribution in [2.45, 2.75) is 30.7 Å². The molecule has 2 heterocycles. The number of phenols is 14. The molecule has 2 aliphatic rings. The standard InChI is InChI=1S/C42H32O27/c1-63-42-36(69-41(62)14-8-20(48)29(53)32(56)33(14)65-21-5-10(37(57)58)2-17(45)26(21)50)35(68-38(59)11-3-15(43)25(49)16(44)4-11)34-22(66-42)9-64-39(60)12-6-18(46)27(51)30(54)23(12)24-13(40(61)67-34)7-19(47)28(52)31(24)55/h2-8,22,34-36,42-56H,9H2,1H3,(H,57,58)/t22-,34-,35+,36-,42-/m1/s1. The number of esters is 4. The number of aromatic hydroxyl groups is 14. The Balaban J connectivity index is 1.40. The van der Waals surface area contributed by atoms with Gasteiger partial charge in [-0.05, 0) is 36.4 Å². The zero-order chi connectivity index (χ0) is 50.7. The van der Waals surface area contributed by atoms with Crippen LogP contribution in [0.15, 0.2) is 42.5 Å². The van der Waals surface area contributed by atoms with Crippen LogP contribution >= 0.6 is 0 Å². The van der Waals surface area contributed by atoms with E-state index in [4.69, 9.17) is 33.2 Å². The molecule has 0 aliphatic carbocycles. The Hall–Kier alpha value is -9.63. The number of fused-ring (bicyclic) bond motifs is 4. The van der Waals surface area contributed by atoms with E-state index >= 15 is 0 Å². The Labute approximate surface area is 381 Å². The molecule has 2 aliphatic heterocycles. The van der Waals surface area contributed by atoms with E-state index in [1.54, 1.807) is 0 Å². The number of aromatic carboxylic acids is 1. The van der Waals surface area contributed by atoms with Crippen molar-refractivity contribution in [1.82, 2.24) is 0 Å². The number of phenolic OH excluding ortho intramolecular Hbond substituents is 14. The highest BCUT2D eigenvalue weighted by atomic mass is 16.7. The largest absolute Gasteiger partial charge is 0.504 e. The lowest BCUT2D eigenvalue weighted by Crippen LogP contribution is -2.63. The molecule has 1 fully saturated rings. The van der Waals surface area contributed by atoms with Gasteiger partial charge in [0.25, 0.3) is 0 Å². The molecular formula is C42H32O27. The van der Waals surface area contributed by atoms with Crippen molar-refractivity contribution in [2.24, 2.45) is 0 Å². The van der Waals surface area contributed by atoms with Crippen molar-refractivity contribution in [3.63, 3.8) is 0 Å². The Morgan fingerprint density at radius 1 is 0.551 bits per heavy atom. The lowest BCUT2D eigenvalue weighted by Gasteiger charge is -2.44. The molecule has 0 radical (unpaired) electrons. The number of carboxylic acid groups (broad SMARTS) is 1. The van der Waals surface area contributed by atoms with Gasteiger partial charge in [0.2, 0.25) is 28.7 Å². The maximum Gasteiger partial charge on any atom is 0.342 e. The second-order valence-electron chi connectivity index (χ2n) is 14.6. The minimum Gasteiger partial charge on any atom is -0.504 e. The second kappa shape index (κ2) is 17.6. The molecule has 5 aromatic carbocycles. The first kappa shape index (κ1) is 47.3. The number of hydrogen-bond donors (Lipinski definition) is 15. The lowest BCUT2D eigenvalue weighted by atomic mass is 9.92. The fourth-order valence-electron chi connectivity index (χ4n) is 7.03. The van der Waals surface area contributed by atoms with E-state index in [1.165, 1.54) is 0 Å². The zero-order valence-corrected chi connectivity index (χ0v) is 34.2. The summed E-state index contributed by atoms with van der Waals surface area (Å²) in [4.78, 5) is 68.1. The second-order valence-corrected chi connectivity index (χ2v) is 14.6. The number of hydrogen-bond acceptors (Lipinski definition) is 26. The normalized spacial score (nSPS) is 18.8. The Morgan fingerprint density at radius 2 is 1.04 bits per heavy atom. The maximum absolute atomic E-state index is 14.4. The first-order valence-corrected chi connectivity index (χ1v) is 19.0. The summed E-state index contributed by atoms with van der Waals surface area (Å²) in [5.41, 5.74) is -6.71. The quantitative estimate of drug-likeness (QED) is 0.0602. The number of rotatable bonds is 8. The van der Waals surface area contributed by atoms with Crippen LogP contribution < -0.4 is 4.74 Å². The number of carbonyl (C=O) groups is 5. The molecule has 0 saturated carbocycles. The van der Waals surface area contributed by atoms with E-state index in [-0.39, 0.29) is 0 Å². The molecule has 69 heavy (non-hydrogen) atoms. The van der Waals surface area contributed by atoms with Crippen LogP contribution in [0.25, 0.3) is 11.1 Å². The van der Waals surface area contributed by atoms with Gasteiger partial charge in [-0.3, -0.25) is 0 Å². The maximum atomic E-state index is 14.4. The van der Waals surface area contributed by atoms with E-state index < -0.39 is 198 Å². The van der Waals surface area contributed by atoms with E-state index in [0.29, 0.717) is 42.5 Å². The van der Waals surface area contributed by atoms with Crippen LogP contribution in [-0.2, 0) is 28.4 Å². The highest BCUT2D eigenvalue weighted by Gasteiger charge is 2.54. The molecule has 27 nitrogen and oxygen atoms in total. The number of benzene rings is 5. The third-order valence-electron chi connectivity index (χ3n) is 10.4. The van der Waals surface area contributed by atoms with Gasteiger partial charge in [-0.15, -0.1) is 0 Å². The molecule has 5 atom stereocenters. The van der Waals surface area contributed by atoms with E-state index in [1.807, 2.05) is 0 Å². The third-order valence-corrected chi connectivity index (χ3v) is 10.4. The van der Waals surface area contributed by atoms with Crippen LogP contribution in [0.3, 0.4) is 0 Å². The molecule has 0 amide bonds. The smallest absolute Gasteiger partial charge is 0.342 e. The average Bonchev–Trinajstić information content (AvgIpc) is 3.31. The van der Waals surface area contributed by atoms with Crippen molar-refractivity contribution in [1.29, 1.82) is 0 Å². The first-order chi connectivity index (χ1) is 32.4. The predicted octanol–water partition coefficient (Wildman–Crippen LogP) is 2.24. The Kier molecular flexibility index (Phi) is 12.1. The van der Waals surface area contributed by atoms with Crippen molar-refractivity contribution >= 4 is 29.8 Å². The highest BCUT2D eigenvalue weighted by molar-refractivity contribution is 6.08. The van der Waals surface area contributed by atoms with E-state index in [9.17, 15) is 101 Å². The predicted molar refractivity (Wildman–Crippen MR) is 215 cm³/mol.